The summed E-state index contributed by atoms with van der Waals surface area (Å²) in [6.45, 7) is 4.22. The maximum Gasteiger partial charge on any atom is 0.0830 e. The van der Waals surface area contributed by atoms with Crippen molar-refractivity contribution < 1.29 is 5.11 Å². The largest absolute Gasteiger partial charge is 0.388 e. The third-order valence-electron chi connectivity index (χ3n) is 4.16. The lowest BCUT2D eigenvalue weighted by Crippen LogP contribution is -2.02. The molecule has 0 aliphatic carbocycles. The summed E-state index contributed by atoms with van der Waals surface area (Å²) in [6.07, 6.45) is 0.191. The van der Waals surface area contributed by atoms with Gasteiger partial charge in [0.2, 0.25) is 0 Å². The van der Waals surface area contributed by atoms with Crippen LogP contribution in [-0.4, -0.2) is 5.11 Å². The second kappa shape index (κ2) is 5.71. The average molecular weight is 276 g/mol. The molecule has 106 valence electrons. The van der Waals surface area contributed by atoms with Crippen molar-refractivity contribution in [1.82, 2.24) is 0 Å². The Balaban J connectivity index is 1.85. The molecule has 3 aromatic rings. The topological polar surface area (TPSA) is 20.2 Å². The van der Waals surface area contributed by atoms with E-state index in [-0.39, 0.29) is 0 Å². The number of hydrogen-bond acceptors (Lipinski definition) is 1. The van der Waals surface area contributed by atoms with E-state index in [9.17, 15) is 5.11 Å². The molecule has 0 amide bonds. The number of hydrogen-bond donors (Lipinski definition) is 1. The van der Waals surface area contributed by atoms with Crippen LogP contribution in [0, 0.1) is 13.8 Å². The second-order valence-corrected chi connectivity index (χ2v) is 5.75. The standard InChI is InChI=1S/C20H20O/c1-14-7-8-16(11-15(14)2)12-20(21)19-10-9-17-5-3-4-6-18(17)13-19/h3-11,13,20-21H,12H2,1-2H3. The van der Waals surface area contributed by atoms with Crippen molar-refractivity contribution in [2.45, 2.75) is 26.4 Å². The quantitative estimate of drug-likeness (QED) is 0.733. The predicted octanol–water partition coefficient (Wildman–Crippen LogP) is 4.73. The first-order valence-corrected chi connectivity index (χ1v) is 7.36. The highest BCUT2D eigenvalue weighted by Crippen LogP contribution is 2.23. The number of aliphatic hydroxyl groups excluding tert-OH is 1. The van der Waals surface area contributed by atoms with Crippen LogP contribution in [0.1, 0.15) is 28.4 Å². The lowest BCUT2D eigenvalue weighted by molar-refractivity contribution is 0.178. The van der Waals surface area contributed by atoms with E-state index >= 15 is 0 Å². The molecule has 0 aromatic heterocycles. The van der Waals surface area contributed by atoms with Gasteiger partial charge < -0.3 is 5.11 Å². The first-order valence-electron chi connectivity index (χ1n) is 7.36. The fraction of sp³-hybridized carbons (Fsp3) is 0.200. The molecular formula is C20H20O. The molecular weight excluding hydrogens is 256 g/mol. The Bertz CT molecular complexity index is 774. The molecule has 0 spiro atoms. The van der Waals surface area contributed by atoms with E-state index in [4.69, 9.17) is 0 Å². The maximum atomic E-state index is 10.5. The normalized spacial score (nSPS) is 12.5. The summed E-state index contributed by atoms with van der Waals surface area (Å²) in [6, 6.07) is 20.8. The van der Waals surface area contributed by atoms with Crippen LogP contribution in [0.4, 0.5) is 0 Å². The summed E-state index contributed by atoms with van der Waals surface area (Å²) < 4.78 is 0. The summed E-state index contributed by atoms with van der Waals surface area (Å²) in [4.78, 5) is 0. The Hall–Kier alpha value is -2.12. The molecule has 1 heteroatoms. The maximum absolute atomic E-state index is 10.5. The van der Waals surface area contributed by atoms with E-state index in [0.717, 1.165) is 5.56 Å². The lowest BCUT2D eigenvalue weighted by atomic mass is 9.97. The van der Waals surface area contributed by atoms with E-state index in [0.29, 0.717) is 6.42 Å². The molecule has 0 aliphatic rings. The second-order valence-electron chi connectivity index (χ2n) is 5.75. The van der Waals surface area contributed by atoms with E-state index in [2.05, 4.69) is 56.3 Å². The molecule has 21 heavy (non-hydrogen) atoms. The minimum atomic E-state index is -0.461. The molecule has 0 saturated carbocycles. The zero-order chi connectivity index (χ0) is 14.8. The van der Waals surface area contributed by atoms with Crippen LogP contribution < -0.4 is 0 Å². The van der Waals surface area contributed by atoms with Gasteiger partial charge in [-0.25, -0.2) is 0 Å². The Labute approximate surface area is 125 Å². The molecule has 1 unspecified atom stereocenters. The number of fused-ring (bicyclic) bond motifs is 1. The first kappa shape index (κ1) is 13.8. The first-order chi connectivity index (χ1) is 10.1. The predicted molar refractivity (Wildman–Crippen MR) is 88.5 cm³/mol. The van der Waals surface area contributed by atoms with Crippen molar-refractivity contribution in [2.24, 2.45) is 0 Å². The fourth-order valence-electron chi connectivity index (χ4n) is 2.69. The Morgan fingerprint density at radius 1 is 0.810 bits per heavy atom. The Kier molecular flexibility index (Phi) is 3.76. The van der Waals surface area contributed by atoms with Crippen LogP contribution in [0.2, 0.25) is 0 Å². The minimum absolute atomic E-state index is 0.461. The van der Waals surface area contributed by atoms with Gasteiger partial charge in [-0.2, -0.15) is 0 Å². The molecule has 0 heterocycles. The van der Waals surface area contributed by atoms with Crippen LogP contribution in [0.15, 0.2) is 60.7 Å². The van der Waals surface area contributed by atoms with Crippen molar-refractivity contribution in [2.75, 3.05) is 0 Å². The Morgan fingerprint density at radius 2 is 1.57 bits per heavy atom. The van der Waals surface area contributed by atoms with Gasteiger partial charge in [0.05, 0.1) is 6.10 Å². The van der Waals surface area contributed by atoms with Crippen molar-refractivity contribution >= 4 is 10.8 Å². The fourth-order valence-corrected chi connectivity index (χ4v) is 2.69. The number of aliphatic hydroxyl groups is 1. The highest BCUT2D eigenvalue weighted by Gasteiger charge is 2.09. The van der Waals surface area contributed by atoms with Gasteiger partial charge in [0.25, 0.3) is 0 Å². The van der Waals surface area contributed by atoms with Gasteiger partial charge in [-0.05, 0) is 52.9 Å². The van der Waals surface area contributed by atoms with Gasteiger partial charge >= 0.3 is 0 Å². The highest BCUT2D eigenvalue weighted by molar-refractivity contribution is 5.83. The lowest BCUT2D eigenvalue weighted by Gasteiger charge is -2.13. The van der Waals surface area contributed by atoms with Gasteiger partial charge in [0.1, 0.15) is 0 Å². The van der Waals surface area contributed by atoms with Crippen LogP contribution >= 0.6 is 0 Å². The van der Waals surface area contributed by atoms with Crippen LogP contribution in [-0.2, 0) is 6.42 Å². The molecule has 3 aromatic carbocycles. The zero-order valence-corrected chi connectivity index (χ0v) is 12.5. The number of rotatable bonds is 3. The van der Waals surface area contributed by atoms with E-state index in [1.54, 1.807) is 0 Å². The number of benzene rings is 3. The number of aryl methyl sites for hydroxylation is 2. The molecule has 0 fully saturated rings. The average Bonchev–Trinajstić information content (AvgIpc) is 2.50. The Morgan fingerprint density at radius 3 is 2.33 bits per heavy atom. The van der Waals surface area contributed by atoms with Crippen molar-refractivity contribution in [3.63, 3.8) is 0 Å². The zero-order valence-electron chi connectivity index (χ0n) is 12.5. The van der Waals surface area contributed by atoms with Gasteiger partial charge in [0, 0.05) is 6.42 Å². The van der Waals surface area contributed by atoms with Gasteiger partial charge in [-0.15, -0.1) is 0 Å². The molecule has 3 rings (SSSR count). The van der Waals surface area contributed by atoms with Gasteiger partial charge in [-0.3, -0.25) is 0 Å². The molecule has 0 bridgehead atoms. The summed E-state index contributed by atoms with van der Waals surface area (Å²) in [5.74, 6) is 0. The third kappa shape index (κ3) is 2.98. The molecule has 0 aliphatic heterocycles. The molecule has 1 nitrogen and oxygen atoms in total. The highest BCUT2D eigenvalue weighted by atomic mass is 16.3. The van der Waals surface area contributed by atoms with Crippen LogP contribution in [0.5, 0.6) is 0 Å². The van der Waals surface area contributed by atoms with Gasteiger partial charge in [0.15, 0.2) is 0 Å². The van der Waals surface area contributed by atoms with Crippen LogP contribution in [0.25, 0.3) is 10.8 Å². The van der Waals surface area contributed by atoms with E-state index in [1.807, 2.05) is 18.2 Å². The van der Waals surface area contributed by atoms with Gasteiger partial charge in [-0.1, -0.05) is 54.6 Å². The van der Waals surface area contributed by atoms with Crippen LogP contribution in [0.3, 0.4) is 0 Å². The monoisotopic (exact) mass is 276 g/mol. The SMILES string of the molecule is Cc1ccc(CC(O)c2ccc3ccccc3c2)cc1C. The summed E-state index contributed by atoms with van der Waals surface area (Å²) in [5, 5.41) is 12.9. The van der Waals surface area contributed by atoms with E-state index < -0.39 is 6.10 Å². The summed E-state index contributed by atoms with van der Waals surface area (Å²) in [7, 11) is 0. The molecule has 0 saturated heterocycles. The molecule has 1 atom stereocenters. The summed E-state index contributed by atoms with van der Waals surface area (Å²) >= 11 is 0. The molecule has 1 N–H and O–H groups in total. The molecule has 0 radical (unpaired) electrons. The van der Waals surface area contributed by atoms with E-state index in [1.165, 1.54) is 27.5 Å². The minimum Gasteiger partial charge on any atom is -0.388 e. The van der Waals surface area contributed by atoms with Crippen molar-refractivity contribution in [3.8, 4) is 0 Å². The summed E-state index contributed by atoms with van der Waals surface area (Å²) in [5.41, 5.74) is 4.72. The van der Waals surface area contributed by atoms with Crippen molar-refractivity contribution in [1.29, 1.82) is 0 Å². The third-order valence-corrected chi connectivity index (χ3v) is 4.16. The smallest absolute Gasteiger partial charge is 0.0830 e. The van der Waals surface area contributed by atoms with Crippen molar-refractivity contribution in [3.05, 3.63) is 82.9 Å².